The first kappa shape index (κ1) is 14.9. The molecule has 0 amide bonds. The third-order valence-electron chi connectivity index (χ3n) is 4.05. The van der Waals surface area contributed by atoms with E-state index in [1.807, 2.05) is 18.5 Å². The van der Waals surface area contributed by atoms with Gasteiger partial charge in [0.2, 0.25) is 5.88 Å². The second-order valence-corrected chi connectivity index (χ2v) is 5.50. The van der Waals surface area contributed by atoms with Gasteiger partial charge in [0, 0.05) is 50.9 Å². The SMILES string of the molecule is COCc1cncc2c1CCN(Cc1cccnc1OC)C2. The Morgan fingerprint density at radius 2 is 2.14 bits per heavy atom. The average Bonchev–Trinajstić information content (AvgIpc) is 2.56. The van der Waals surface area contributed by atoms with Gasteiger partial charge in [0.15, 0.2) is 0 Å². The van der Waals surface area contributed by atoms with Gasteiger partial charge in [-0.25, -0.2) is 4.98 Å². The number of aromatic nitrogens is 2. The maximum atomic E-state index is 5.34. The molecule has 3 heterocycles. The van der Waals surface area contributed by atoms with Crippen molar-refractivity contribution in [1.29, 1.82) is 0 Å². The maximum Gasteiger partial charge on any atom is 0.217 e. The lowest BCUT2D eigenvalue weighted by atomic mass is 9.97. The molecule has 0 fully saturated rings. The molecule has 116 valence electrons. The molecule has 0 atom stereocenters. The van der Waals surface area contributed by atoms with Crippen LogP contribution in [0.1, 0.15) is 22.3 Å². The van der Waals surface area contributed by atoms with E-state index in [1.165, 1.54) is 16.7 Å². The molecule has 2 aromatic rings. The van der Waals surface area contributed by atoms with E-state index in [1.54, 1.807) is 20.4 Å². The monoisotopic (exact) mass is 299 g/mol. The number of ether oxygens (including phenoxy) is 2. The van der Waals surface area contributed by atoms with Crippen LogP contribution in [0, 0.1) is 0 Å². The molecule has 1 aliphatic heterocycles. The first-order valence-electron chi connectivity index (χ1n) is 7.45. The third-order valence-corrected chi connectivity index (χ3v) is 4.05. The van der Waals surface area contributed by atoms with Crippen LogP contribution in [0.3, 0.4) is 0 Å². The Morgan fingerprint density at radius 1 is 1.23 bits per heavy atom. The molecule has 0 radical (unpaired) electrons. The van der Waals surface area contributed by atoms with E-state index in [2.05, 4.69) is 20.9 Å². The summed E-state index contributed by atoms with van der Waals surface area (Å²) >= 11 is 0. The molecule has 0 saturated heterocycles. The van der Waals surface area contributed by atoms with Crippen LogP contribution < -0.4 is 4.74 Å². The minimum Gasteiger partial charge on any atom is -0.481 e. The second kappa shape index (κ2) is 6.85. The normalized spacial score (nSPS) is 14.6. The molecule has 2 aromatic heterocycles. The van der Waals surface area contributed by atoms with E-state index >= 15 is 0 Å². The summed E-state index contributed by atoms with van der Waals surface area (Å²) in [6.45, 7) is 3.39. The van der Waals surface area contributed by atoms with Crippen LogP contribution in [0.5, 0.6) is 5.88 Å². The molecule has 0 aromatic carbocycles. The molecule has 5 nitrogen and oxygen atoms in total. The van der Waals surface area contributed by atoms with E-state index in [0.29, 0.717) is 12.5 Å². The fourth-order valence-corrected chi connectivity index (χ4v) is 3.01. The summed E-state index contributed by atoms with van der Waals surface area (Å²) in [7, 11) is 3.39. The minimum atomic E-state index is 0.632. The largest absolute Gasteiger partial charge is 0.481 e. The van der Waals surface area contributed by atoms with Gasteiger partial charge in [0.05, 0.1) is 13.7 Å². The Kier molecular flexibility index (Phi) is 4.65. The van der Waals surface area contributed by atoms with E-state index < -0.39 is 0 Å². The first-order chi connectivity index (χ1) is 10.8. The van der Waals surface area contributed by atoms with Crippen LogP contribution in [-0.4, -0.2) is 35.6 Å². The van der Waals surface area contributed by atoms with Crippen molar-refractivity contribution in [2.24, 2.45) is 0 Å². The molecular formula is C17H21N3O2. The molecule has 0 N–H and O–H groups in total. The standard InChI is InChI=1S/C17H21N3O2/c1-21-12-15-9-18-8-14-11-20(7-5-16(14)15)10-13-4-3-6-19-17(13)22-2/h3-4,6,8-9H,5,7,10-12H2,1-2H3. The first-order valence-corrected chi connectivity index (χ1v) is 7.45. The Morgan fingerprint density at radius 3 is 2.95 bits per heavy atom. The topological polar surface area (TPSA) is 47.5 Å². The summed E-state index contributed by atoms with van der Waals surface area (Å²) < 4.78 is 10.6. The molecule has 0 spiro atoms. The lowest BCUT2D eigenvalue weighted by Crippen LogP contribution is -2.31. The van der Waals surface area contributed by atoms with Gasteiger partial charge in [0.25, 0.3) is 0 Å². The molecule has 0 aliphatic carbocycles. The molecule has 0 unspecified atom stereocenters. The molecule has 3 rings (SSSR count). The van der Waals surface area contributed by atoms with Gasteiger partial charge in [-0.1, -0.05) is 6.07 Å². The Labute approximate surface area is 130 Å². The molecular weight excluding hydrogens is 278 g/mol. The molecule has 22 heavy (non-hydrogen) atoms. The average molecular weight is 299 g/mol. The quantitative estimate of drug-likeness (QED) is 0.847. The van der Waals surface area contributed by atoms with Gasteiger partial charge in [-0.3, -0.25) is 9.88 Å². The minimum absolute atomic E-state index is 0.632. The van der Waals surface area contributed by atoms with E-state index in [4.69, 9.17) is 9.47 Å². The highest BCUT2D eigenvalue weighted by atomic mass is 16.5. The summed E-state index contributed by atoms with van der Waals surface area (Å²) in [5.74, 6) is 0.708. The zero-order chi connectivity index (χ0) is 15.4. The summed E-state index contributed by atoms with van der Waals surface area (Å²) in [5, 5.41) is 0. The fraction of sp³-hybridized carbons (Fsp3) is 0.412. The van der Waals surface area contributed by atoms with E-state index in [9.17, 15) is 0 Å². The predicted octanol–water partition coefficient (Wildman–Crippen LogP) is 2.19. The number of nitrogens with zero attached hydrogens (tertiary/aromatic N) is 3. The van der Waals surface area contributed by atoms with Crippen molar-refractivity contribution in [1.82, 2.24) is 14.9 Å². The van der Waals surface area contributed by atoms with Gasteiger partial charge in [0.1, 0.15) is 0 Å². The van der Waals surface area contributed by atoms with Crippen LogP contribution in [0.15, 0.2) is 30.7 Å². The summed E-state index contributed by atoms with van der Waals surface area (Å²) in [5.41, 5.74) is 5.02. The van der Waals surface area contributed by atoms with Crippen molar-refractivity contribution in [2.45, 2.75) is 26.1 Å². The highest BCUT2D eigenvalue weighted by Gasteiger charge is 2.20. The Balaban J connectivity index is 1.76. The summed E-state index contributed by atoms with van der Waals surface area (Å²) in [6.07, 6.45) is 6.68. The highest BCUT2D eigenvalue weighted by Crippen LogP contribution is 2.25. The van der Waals surface area contributed by atoms with Crippen LogP contribution >= 0.6 is 0 Å². The number of fused-ring (bicyclic) bond motifs is 1. The lowest BCUT2D eigenvalue weighted by Gasteiger charge is -2.29. The van der Waals surface area contributed by atoms with Crippen molar-refractivity contribution in [2.75, 3.05) is 20.8 Å². The van der Waals surface area contributed by atoms with Crippen LogP contribution in [0.25, 0.3) is 0 Å². The van der Waals surface area contributed by atoms with Gasteiger partial charge >= 0.3 is 0 Å². The predicted molar refractivity (Wildman–Crippen MR) is 83.6 cm³/mol. The number of pyridine rings is 2. The van der Waals surface area contributed by atoms with Crippen molar-refractivity contribution < 1.29 is 9.47 Å². The van der Waals surface area contributed by atoms with Crippen molar-refractivity contribution >= 4 is 0 Å². The number of rotatable bonds is 5. The molecule has 0 saturated carbocycles. The zero-order valence-electron chi connectivity index (χ0n) is 13.1. The van der Waals surface area contributed by atoms with Gasteiger partial charge in [-0.15, -0.1) is 0 Å². The van der Waals surface area contributed by atoms with Crippen LogP contribution in [0.4, 0.5) is 0 Å². The fourth-order valence-electron chi connectivity index (χ4n) is 3.01. The molecule has 0 bridgehead atoms. The van der Waals surface area contributed by atoms with Gasteiger partial charge in [-0.2, -0.15) is 0 Å². The Hall–Kier alpha value is -1.98. The van der Waals surface area contributed by atoms with Crippen molar-refractivity contribution in [3.63, 3.8) is 0 Å². The Bertz CT molecular complexity index is 646. The molecule has 5 heteroatoms. The van der Waals surface area contributed by atoms with Crippen molar-refractivity contribution in [3.8, 4) is 5.88 Å². The highest BCUT2D eigenvalue weighted by molar-refractivity contribution is 5.34. The summed E-state index contributed by atoms with van der Waals surface area (Å²) in [6, 6.07) is 4.02. The number of hydrogen-bond acceptors (Lipinski definition) is 5. The molecule has 1 aliphatic rings. The van der Waals surface area contributed by atoms with Crippen molar-refractivity contribution in [3.05, 3.63) is 53.0 Å². The number of methoxy groups -OCH3 is 2. The zero-order valence-corrected chi connectivity index (χ0v) is 13.1. The maximum absolute atomic E-state index is 5.34. The lowest BCUT2D eigenvalue weighted by molar-refractivity contribution is 0.181. The van der Waals surface area contributed by atoms with Crippen LogP contribution in [-0.2, 0) is 30.9 Å². The van der Waals surface area contributed by atoms with Gasteiger partial charge < -0.3 is 9.47 Å². The smallest absolute Gasteiger partial charge is 0.217 e. The number of hydrogen-bond donors (Lipinski definition) is 0. The van der Waals surface area contributed by atoms with Gasteiger partial charge in [-0.05, 0) is 29.2 Å². The second-order valence-electron chi connectivity index (χ2n) is 5.50. The van der Waals surface area contributed by atoms with E-state index in [-0.39, 0.29) is 0 Å². The van der Waals surface area contributed by atoms with Crippen LogP contribution in [0.2, 0.25) is 0 Å². The van der Waals surface area contributed by atoms with E-state index in [0.717, 1.165) is 31.6 Å². The third kappa shape index (κ3) is 3.10. The summed E-state index contributed by atoms with van der Waals surface area (Å²) in [4.78, 5) is 11.0.